The predicted octanol–water partition coefficient (Wildman–Crippen LogP) is 0.421. The van der Waals surface area contributed by atoms with Gasteiger partial charge >= 0.3 is 37.5 Å². The van der Waals surface area contributed by atoms with Gasteiger partial charge in [0.15, 0.2) is 0 Å². The summed E-state index contributed by atoms with van der Waals surface area (Å²) in [5, 5.41) is 1.11. The zero-order valence-corrected chi connectivity index (χ0v) is 13.9. The van der Waals surface area contributed by atoms with Gasteiger partial charge in [-0.05, 0) is 37.3 Å². The molecule has 1 aromatic carbocycles. The first-order chi connectivity index (χ1) is 9.27. The van der Waals surface area contributed by atoms with Crippen molar-refractivity contribution in [2.45, 2.75) is 32.6 Å². The van der Waals surface area contributed by atoms with Crippen molar-refractivity contribution in [3.63, 3.8) is 0 Å². The van der Waals surface area contributed by atoms with E-state index in [1.807, 2.05) is 18.2 Å². The fourth-order valence-electron chi connectivity index (χ4n) is 2.41. The Morgan fingerprint density at radius 3 is 2.63 bits per heavy atom. The second-order valence-electron chi connectivity index (χ2n) is 4.71. The number of benzene rings is 1. The Hall–Kier alpha value is -0.840. The van der Waals surface area contributed by atoms with E-state index in [-0.39, 0.29) is 0 Å². The number of hydrogen-bond acceptors (Lipinski definition) is 2. The Bertz CT molecular complexity index is 550. The van der Waals surface area contributed by atoms with Crippen molar-refractivity contribution < 1.29 is 21.2 Å². The summed E-state index contributed by atoms with van der Waals surface area (Å²) < 4.78 is 1.43. The number of nitrogens with zero attached hydrogens (tertiary/aromatic N) is 1. The first-order valence-corrected chi connectivity index (χ1v) is 10.6. The number of halogens is 1. The Kier molecular flexibility index (Phi) is 5.43. The molecule has 1 aromatic heterocycles. The minimum absolute atomic E-state index is 0.611. The van der Waals surface area contributed by atoms with Crippen LogP contribution in [0.3, 0.4) is 0 Å². The first-order valence-electron chi connectivity index (χ1n) is 6.87. The van der Waals surface area contributed by atoms with E-state index in [1.54, 1.807) is 0 Å². The van der Waals surface area contributed by atoms with Crippen molar-refractivity contribution in [1.29, 1.82) is 0 Å². The molecule has 104 valence electrons. The molecule has 0 fully saturated rings. The number of fused-ring (bicyclic) bond motifs is 2. The molecule has 2 nitrogen and oxygen atoms in total. The van der Waals surface area contributed by atoms with Crippen LogP contribution in [0.15, 0.2) is 24.3 Å². The molecule has 2 N–H and O–H groups in total. The summed E-state index contributed by atoms with van der Waals surface area (Å²) in [6.45, 7) is 2.23. The summed E-state index contributed by atoms with van der Waals surface area (Å²) in [6.07, 6.45) is 4.68. The average molecular weight is 369 g/mol. The normalized spacial score (nSPS) is 13.8. The van der Waals surface area contributed by atoms with Gasteiger partial charge in [-0.2, -0.15) is 0 Å². The van der Waals surface area contributed by atoms with E-state index < -0.39 is 0 Å². The van der Waals surface area contributed by atoms with E-state index in [0.29, 0.717) is 21.2 Å². The number of aromatic nitrogens is 1. The number of alkyl halides is 2. The standard InChI is InChI=1S/C13H14N2.C3H8I/c14-13-9-5-1-3-7-11(9)15-12-8-4-2-6-10(12)13;1-3-4-2/h1,3,5,7H,2,4,6,8H2,(H2,14,15);3H2,1-2H3/q;-1. The second-order valence-corrected chi connectivity index (χ2v) is 7.76. The molecule has 0 amide bonds. The van der Waals surface area contributed by atoms with Crippen LogP contribution >= 0.6 is 0 Å². The molecule has 0 saturated heterocycles. The molecule has 0 saturated carbocycles. The van der Waals surface area contributed by atoms with Gasteiger partial charge < -0.3 is 5.73 Å². The maximum Gasteiger partial charge on any atom is 0.0726 e. The van der Waals surface area contributed by atoms with E-state index in [2.05, 4.69) is 17.9 Å². The number of nitrogen functional groups attached to an aromatic ring is 1. The largest absolute Gasteiger partial charge is 0.398 e. The van der Waals surface area contributed by atoms with Crippen LogP contribution in [0.25, 0.3) is 10.9 Å². The number of anilines is 1. The molecule has 3 rings (SSSR count). The van der Waals surface area contributed by atoms with Crippen molar-refractivity contribution in [3.8, 4) is 0 Å². The molecule has 2 aromatic rings. The van der Waals surface area contributed by atoms with Crippen molar-refractivity contribution in [2.75, 3.05) is 15.1 Å². The molecule has 1 aliphatic carbocycles. The Morgan fingerprint density at radius 2 is 1.89 bits per heavy atom. The Morgan fingerprint density at radius 1 is 1.21 bits per heavy atom. The molecule has 0 bridgehead atoms. The molecule has 1 heterocycles. The molecule has 0 aliphatic heterocycles. The first kappa shape index (κ1) is 14.6. The minimum Gasteiger partial charge on any atom is -0.398 e. The number of nitrogens with two attached hydrogens (primary N) is 1. The topological polar surface area (TPSA) is 38.9 Å². The third-order valence-electron chi connectivity index (χ3n) is 3.48. The van der Waals surface area contributed by atoms with Crippen molar-refractivity contribution in [1.82, 2.24) is 4.98 Å². The van der Waals surface area contributed by atoms with Gasteiger partial charge in [0.25, 0.3) is 0 Å². The molecule has 1 aliphatic rings. The van der Waals surface area contributed by atoms with Gasteiger partial charge in [-0.1, -0.05) is 18.2 Å². The van der Waals surface area contributed by atoms with E-state index in [4.69, 9.17) is 10.7 Å². The van der Waals surface area contributed by atoms with Gasteiger partial charge in [0, 0.05) is 16.8 Å². The summed E-state index contributed by atoms with van der Waals surface area (Å²) in [6, 6.07) is 8.15. The molecule has 19 heavy (non-hydrogen) atoms. The minimum atomic E-state index is 0.611. The summed E-state index contributed by atoms with van der Waals surface area (Å²) in [4.78, 5) is 6.99. The fraction of sp³-hybridized carbons (Fsp3) is 0.438. The average Bonchev–Trinajstić information content (AvgIpc) is 2.48. The zero-order valence-electron chi connectivity index (χ0n) is 11.7. The monoisotopic (exact) mass is 369 g/mol. The van der Waals surface area contributed by atoms with Crippen molar-refractivity contribution in [3.05, 3.63) is 35.5 Å². The Balaban J connectivity index is 0.000000297. The zero-order chi connectivity index (χ0) is 13.7. The summed E-state index contributed by atoms with van der Waals surface area (Å²) in [5.41, 5.74) is 10.7. The maximum absolute atomic E-state index is 6.20. The number of rotatable bonds is 1. The van der Waals surface area contributed by atoms with Crippen LogP contribution in [0, 0.1) is 0 Å². The van der Waals surface area contributed by atoms with Crippen LogP contribution in [0.5, 0.6) is 0 Å². The Labute approximate surface area is 126 Å². The second kappa shape index (κ2) is 7.08. The van der Waals surface area contributed by atoms with E-state index in [9.17, 15) is 0 Å². The smallest absolute Gasteiger partial charge is 0.0726 e. The van der Waals surface area contributed by atoms with Gasteiger partial charge in [0.2, 0.25) is 0 Å². The maximum atomic E-state index is 6.20. The molecule has 3 heteroatoms. The van der Waals surface area contributed by atoms with Crippen LogP contribution in [0.1, 0.15) is 31.0 Å². The van der Waals surface area contributed by atoms with E-state index in [0.717, 1.165) is 29.4 Å². The third kappa shape index (κ3) is 3.38. The summed E-state index contributed by atoms with van der Waals surface area (Å²) in [5.74, 6) is 0. The van der Waals surface area contributed by atoms with Gasteiger partial charge in [-0.25, -0.2) is 0 Å². The van der Waals surface area contributed by atoms with Crippen LogP contribution in [-0.4, -0.2) is 14.3 Å². The number of aryl methyl sites for hydroxylation is 1. The fourth-order valence-corrected chi connectivity index (χ4v) is 2.41. The summed E-state index contributed by atoms with van der Waals surface area (Å²) >= 11 is 0.611. The van der Waals surface area contributed by atoms with Crippen LogP contribution in [-0.2, 0) is 12.8 Å². The van der Waals surface area contributed by atoms with Crippen LogP contribution in [0.2, 0.25) is 0 Å². The SMILES string of the molecule is CC[I-]C.Nc1c2c(nc3ccccc13)CCCC2. The van der Waals surface area contributed by atoms with Crippen molar-refractivity contribution >= 4 is 16.6 Å². The van der Waals surface area contributed by atoms with Crippen molar-refractivity contribution in [2.24, 2.45) is 0 Å². The summed E-state index contributed by atoms with van der Waals surface area (Å²) in [7, 11) is 0. The van der Waals surface area contributed by atoms with Gasteiger partial charge in [-0.3, -0.25) is 4.98 Å². The van der Waals surface area contributed by atoms with E-state index >= 15 is 0 Å². The van der Waals surface area contributed by atoms with Gasteiger partial charge in [-0.15, -0.1) is 0 Å². The molecular formula is C16H22IN2-. The number of hydrogen-bond donors (Lipinski definition) is 1. The van der Waals surface area contributed by atoms with Crippen LogP contribution in [0.4, 0.5) is 5.69 Å². The molecule has 0 spiro atoms. The quantitative estimate of drug-likeness (QED) is 0.585. The molecule has 0 radical (unpaired) electrons. The molecular weight excluding hydrogens is 347 g/mol. The van der Waals surface area contributed by atoms with Gasteiger partial charge in [0.05, 0.1) is 5.52 Å². The van der Waals surface area contributed by atoms with Gasteiger partial charge in [0.1, 0.15) is 0 Å². The number of para-hydroxylation sites is 1. The molecule has 0 unspecified atom stereocenters. The predicted molar refractivity (Wildman–Crippen MR) is 79.3 cm³/mol. The third-order valence-corrected chi connectivity index (χ3v) is 5.01. The number of pyridine rings is 1. The van der Waals surface area contributed by atoms with Crippen LogP contribution < -0.4 is 26.9 Å². The van der Waals surface area contributed by atoms with E-state index in [1.165, 1.54) is 28.5 Å². The molecule has 0 atom stereocenters.